The molecule has 1 N–H and O–H groups in total. The molecule has 0 aliphatic carbocycles. The molecule has 2 aliphatic heterocycles. The smallest absolute Gasteiger partial charge is 0.230 e. The van der Waals surface area contributed by atoms with Gasteiger partial charge in [-0.3, -0.25) is 4.79 Å². The average Bonchev–Trinajstić information content (AvgIpc) is 3.07. The molecular formula is C19H18N2O2. The third-order valence-electron chi connectivity index (χ3n) is 5.45. The van der Waals surface area contributed by atoms with Crippen molar-refractivity contribution in [2.45, 2.75) is 31.4 Å². The lowest BCUT2D eigenvalue weighted by atomic mass is 9.82. The second kappa shape index (κ2) is 5.07. The number of fused-ring (bicyclic) bond motifs is 2. The Kier molecular flexibility index (Phi) is 3.14. The highest BCUT2D eigenvalue weighted by Gasteiger charge is 2.52. The molecule has 2 fully saturated rings. The summed E-state index contributed by atoms with van der Waals surface area (Å²) < 4.78 is 0. The Morgan fingerprint density at radius 1 is 1.22 bits per heavy atom. The van der Waals surface area contributed by atoms with Gasteiger partial charge in [0.2, 0.25) is 5.91 Å². The van der Waals surface area contributed by atoms with Gasteiger partial charge in [0.1, 0.15) is 0 Å². The molecule has 4 rings (SSSR count). The normalized spacial score (nSPS) is 29.8. The maximum Gasteiger partial charge on any atom is 0.230 e. The molecule has 0 saturated carbocycles. The monoisotopic (exact) mass is 306 g/mol. The number of benzene rings is 2. The molecule has 23 heavy (non-hydrogen) atoms. The van der Waals surface area contributed by atoms with Gasteiger partial charge in [0.05, 0.1) is 29.7 Å². The standard InChI is InChI=1S/C19H18N2O2/c1-11-17(19(23)21-9-8-16(22)18(11)21)15-7-6-12(10-20)13-4-2-3-5-14(13)15/h2-7,11,16-18,22H,8-9H2,1H3/t11?,16?,17?,18-/m1/s1. The Hall–Kier alpha value is -2.38. The van der Waals surface area contributed by atoms with Gasteiger partial charge in [0.15, 0.2) is 0 Å². The van der Waals surface area contributed by atoms with Crippen LogP contribution < -0.4 is 0 Å². The summed E-state index contributed by atoms with van der Waals surface area (Å²) in [7, 11) is 0. The van der Waals surface area contributed by atoms with Crippen LogP contribution in [-0.4, -0.2) is 34.6 Å². The van der Waals surface area contributed by atoms with Crippen LogP contribution in [0, 0.1) is 17.2 Å². The highest BCUT2D eigenvalue weighted by atomic mass is 16.3. The number of hydrogen-bond donors (Lipinski definition) is 1. The van der Waals surface area contributed by atoms with E-state index < -0.39 is 6.10 Å². The zero-order chi connectivity index (χ0) is 16.1. The van der Waals surface area contributed by atoms with Gasteiger partial charge in [0, 0.05) is 6.54 Å². The number of nitrogens with zero attached hydrogens (tertiary/aromatic N) is 2. The van der Waals surface area contributed by atoms with Crippen LogP contribution in [0.25, 0.3) is 10.8 Å². The lowest BCUT2D eigenvalue weighted by Gasteiger charge is -2.21. The topological polar surface area (TPSA) is 64.3 Å². The van der Waals surface area contributed by atoms with Crippen molar-refractivity contribution in [1.82, 2.24) is 4.90 Å². The summed E-state index contributed by atoms with van der Waals surface area (Å²) >= 11 is 0. The molecule has 2 saturated heterocycles. The predicted octanol–water partition coefficient (Wildman–Crippen LogP) is 2.41. The molecule has 0 aromatic heterocycles. The first-order valence-corrected chi connectivity index (χ1v) is 8.03. The number of aliphatic hydroxyl groups excluding tert-OH is 1. The largest absolute Gasteiger partial charge is 0.391 e. The molecule has 0 radical (unpaired) electrons. The molecule has 4 atom stereocenters. The van der Waals surface area contributed by atoms with Crippen LogP contribution in [0.4, 0.5) is 0 Å². The lowest BCUT2D eigenvalue weighted by molar-refractivity contribution is -0.129. The van der Waals surface area contributed by atoms with Gasteiger partial charge in [0.25, 0.3) is 0 Å². The van der Waals surface area contributed by atoms with Crippen LogP contribution in [0.15, 0.2) is 36.4 Å². The fourth-order valence-electron chi connectivity index (χ4n) is 4.40. The van der Waals surface area contributed by atoms with E-state index in [1.807, 2.05) is 35.2 Å². The highest BCUT2D eigenvalue weighted by Crippen LogP contribution is 2.44. The van der Waals surface area contributed by atoms with Gasteiger partial charge in [-0.1, -0.05) is 37.3 Å². The number of hydrogen-bond acceptors (Lipinski definition) is 3. The predicted molar refractivity (Wildman–Crippen MR) is 86.7 cm³/mol. The average molecular weight is 306 g/mol. The molecule has 2 aliphatic rings. The van der Waals surface area contributed by atoms with Crippen molar-refractivity contribution in [3.63, 3.8) is 0 Å². The summed E-state index contributed by atoms with van der Waals surface area (Å²) in [5, 5.41) is 21.4. The summed E-state index contributed by atoms with van der Waals surface area (Å²) in [4.78, 5) is 14.7. The van der Waals surface area contributed by atoms with E-state index in [9.17, 15) is 15.2 Å². The van der Waals surface area contributed by atoms with Crippen molar-refractivity contribution in [2.75, 3.05) is 6.54 Å². The van der Waals surface area contributed by atoms with E-state index in [1.54, 1.807) is 6.07 Å². The maximum absolute atomic E-state index is 12.9. The van der Waals surface area contributed by atoms with Crippen LogP contribution in [0.3, 0.4) is 0 Å². The van der Waals surface area contributed by atoms with Crippen molar-refractivity contribution >= 4 is 16.7 Å². The van der Waals surface area contributed by atoms with Gasteiger partial charge in [-0.05, 0) is 34.7 Å². The van der Waals surface area contributed by atoms with E-state index >= 15 is 0 Å². The number of carbonyl (C=O) groups excluding carboxylic acids is 1. The van der Waals surface area contributed by atoms with Crippen molar-refractivity contribution in [3.05, 3.63) is 47.5 Å². The summed E-state index contributed by atoms with van der Waals surface area (Å²) in [5.74, 6) is -0.0714. The van der Waals surface area contributed by atoms with E-state index in [0.29, 0.717) is 18.5 Å². The van der Waals surface area contributed by atoms with Gasteiger partial charge >= 0.3 is 0 Å². The van der Waals surface area contributed by atoms with Crippen molar-refractivity contribution in [1.29, 1.82) is 5.26 Å². The van der Waals surface area contributed by atoms with Crippen molar-refractivity contribution in [3.8, 4) is 6.07 Å². The summed E-state index contributed by atoms with van der Waals surface area (Å²) in [6, 6.07) is 13.6. The van der Waals surface area contributed by atoms with Crippen LogP contribution in [0.2, 0.25) is 0 Å². The number of aliphatic hydroxyl groups is 1. The quantitative estimate of drug-likeness (QED) is 0.880. The Labute approximate surface area is 134 Å². The van der Waals surface area contributed by atoms with Crippen LogP contribution in [-0.2, 0) is 4.79 Å². The zero-order valence-corrected chi connectivity index (χ0v) is 12.9. The molecule has 2 heterocycles. The minimum absolute atomic E-state index is 0.0661. The first-order valence-electron chi connectivity index (χ1n) is 8.03. The molecule has 2 aromatic rings. The van der Waals surface area contributed by atoms with Gasteiger partial charge in [-0.2, -0.15) is 5.26 Å². The Morgan fingerprint density at radius 3 is 2.65 bits per heavy atom. The minimum Gasteiger partial charge on any atom is -0.391 e. The van der Waals surface area contributed by atoms with Crippen LogP contribution in [0.5, 0.6) is 0 Å². The molecule has 3 unspecified atom stereocenters. The number of carbonyl (C=O) groups is 1. The molecular weight excluding hydrogens is 288 g/mol. The Bertz CT molecular complexity index is 839. The van der Waals surface area contributed by atoms with Crippen molar-refractivity contribution < 1.29 is 9.90 Å². The molecule has 4 nitrogen and oxygen atoms in total. The first-order chi connectivity index (χ1) is 11.1. The Balaban J connectivity index is 1.88. The molecule has 1 amide bonds. The first kappa shape index (κ1) is 14.2. The van der Waals surface area contributed by atoms with E-state index in [1.165, 1.54) is 0 Å². The van der Waals surface area contributed by atoms with E-state index in [4.69, 9.17) is 0 Å². The number of amides is 1. The van der Waals surface area contributed by atoms with Crippen LogP contribution >= 0.6 is 0 Å². The molecule has 0 bridgehead atoms. The molecule has 2 aromatic carbocycles. The zero-order valence-electron chi connectivity index (χ0n) is 12.9. The van der Waals surface area contributed by atoms with E-state index in [2.05, 4.69) is 13.0 Å². The fraction of sp³-hybridized carbons (Fsp3) is 0.368. The highest BCUT2D eigenvalue weighted by molar-refractivity contribution is 5.97. The third-order valence-corrected chi connectivity index (χ3v) is 5.45. The molecule has 0 spiro atoms. The van der Waals surface area contributed by atoms with Gasteiger partial charge in [-0.25, -0.2) is 0 Å². The molecule has 4 heteroatoms. The minimum atomic E-state index is -0.427. The fourth-order valence-corrected chi connectivity index (χ4v) is 4.40. The second-order valence-corrected chi connectivity index (χ2v) is 6.57. The van der Waals surface area contributed by atoms with E-state index in [-0.39, 0.29) is 23.8 Å². The SMILES string of the molecule is CC1C(c2ccc(C#N)c3ccccc23)C(=O)N2CCC(O)[C@@H]12. The lowest BCUT2D eigenvalue weighted by Crippen LogP contribution is -2.34. The number of nitriles is 1. The van der Waals surface area contributed by atoms with Gasteiger partial charge < -0.3 is 10.0 Å². The van der Waals surface area contributed by atoms with E-state index in [0.717, 1.165) is 16.3 Å². The van der Waals surface area contributed by atoms with Crippen LogP contribution in [0.1, 0.15) is 30.4 Å². The maximum atomic E-state index is 12.9. The summed E-state index contributed by atoms with van der Waals surface area (Å²) in [6.07, 6.45) is 0.241. The van der Waals surface area contributed by atoms with Crippen molar-refractivity contribution in [2.24, 2.45) is 5.92 Å². The number of rotatable bonds is 1. The van der Waals surface area contributed by atoms with Gasteiger partial charge in [-0.15, -0.1) is 0 Å². The summed E-state index contributed by atoms with van der Waals surface area (Å²) in [5.41, 5.74) is 1.60. The molecule has 116 valence electrons. The third kappa shape index (κ3) is 1.90. The summed E-state index contributed by atoms with van der Waals surface area (Å²) in [6.45, 7) is 2.69. The second-order valence-electron chi connectivity index (χ2n) is 6.57. The Morgan fingerprint density at radius 2 is 1.96 bits per heavy atom.